The van der Waals surface area contributed by atoms with Crippen LogP contribution in [-0.2, 0) is 11.3 Å². The predicted molar refractivity (Wildman–Crippen MR) is 141 cm³/mol. The number of H-pyrrole nitrogens is 1. The molecule has 1 aromatic heterocycles. The lowest BCUT2D eigenvalue weighted by Crippen LogP contribution is -2.38. The summed E-state index contributed by atoms with van der Waals surface area (Å²) in [6.07, 6.45) is 11.0. The Labute approximate surface area is 213 Å². The van der Waals surface area contributed by atoms with Crippen molar-refractivity contribution in [2.45, 2.75) is 64.4 Å². The fourth-order valence-corrected chi connectivity index (χ4v) is 5.33. The van der Waals surface area contributed by atoms with Gasteiger partial charge in [-0.25, -0.2) is 4.98 Å². The first-order chi connectivity index (χ1) is 17.6. The highest BCUT2D eigenvalue weighted by Gasteiger charge is 2.29. The summed E-state index contributed by atoms with van der Waals surface area (Å²) in [6.45, 7) is 6.54. The van der Waals surface area contributed by atoms with E-state index >= 15 is 0 Å². The molecule has 2 aliphatic rings. The first-order valence-electron chi connectivity index (χ1n) is 13.1. The average molecular weight is 483 g/mol. The molecule has 186 valence electrons. The quantitative estimate of drug-likeness (QED) is 0.446. The highest BCUT2D eigenvalue weighted by atomic mass is 16.5. The lowest BCUT2D eigenvalue weighted by atomic mass is 9.77. The van der Waals surface area contributed by atoms with Crippen LogP contribution in [0.3, 0.4) is 0 Å². The molecule has 6 heteroatoms. The number of nitrogens with one attached hydrogen (secondary N) is 1. The molecule has 1 amide bonds. The normalized spacial score (nSPS) is 16.5. The Bertz CT molecular complexity index is 1260. The summed E-state index contributed by atoms with van der Waals surface area (Å²) in [5.41, 5.74) is 6.21. The van der Waals surface area contributed by atoms with Gasteiger partial charge in [0.1, 0.15) is 6.61 Å². The Balaban J connectivity index is 1.36. The molecule has 2 aromatic carbocycles. The summed E-state index contributed by atoms with van der Waals surface area (Å²) in [7, 11) is 0. The zero-order valence-corrected chi connectivity index (χ0v) is 21.2. The third kappa shape index (κ3) is 4.94. The van der Waals surface area contributed by atoms with Crippen LogP contribution in [0, 0.1) is 19.3 Å². The van der Waals surface area contributed by atoms with Gasteiger partial charge in [-0.05, 0) is 86.3 Å². The van der Waals surface area contributed by atoms with Gasteiger partial charge in [0.2, 0.25) is 0 Å². The van der Waals surface area contributed by atoms with Gasteiger partial charge in [0, 0.05) is 36.4 Å². The molecule has 1 aliphatic heterocycles. The number of hydrogen-bond acceptors (Lipinski definition) is 4. The molecule has 0 radical (unpaired) electrons. The van der Waals surface area contributed by atoms with Crippen LogP contribution in [-0.4, -0.2) is 45.7 Å². The van der Waals surface area contributed by atoms with Crippen LogP contribution >= 0.6 is 0 Å². The van der Waals surface area contributed by atoms with Crippen molar-refractivity contribution in [1.29, 1.82) is 0 Å². The number of terminal acetylenes is 1. The number of benzene rings is 2. The van der Waals surface area contributed by atoms with Crippen LogP contribution in [0.2, 0.25) is 0 Å². The molecule has 1 N–H and O–H groups in total. The minimum Gasteiger partial charge on any atom is -0.374 e. The number of hydrogen-bond donors (Lipinski definition) is 1. The van der Waals surface area contributed by atoms with Crippen LogP contribution in [0.4, 0.5) is 0 Å². The SMILES string of the molecule is C#Cc1ccc(C2CCN(C(=O)c3cc(-c4n[nH]c(COCC)n4)c(C4CCC4)cc3C)CC2)cc1. The number of aryl methyl sites for hydroxylation is 1. The van der Waals surface area contributed by atoms with E-state index in [2.05, 4.69) is 46.2 Å². The van der Waals surface area contributed by atoms with E-state index in [-0.39, 0.29) is 5.91 Å². The summed E-state index contributed by atoms with van der Waals surface area (Å²) in [4.78, 5) is 20.4. The molecule has 0 unspecified atom stereocenters. The number of nitrogens with zero attached hydrogens (tertiary/aromatic N) is 3. The van der Waals surface area contributed by atoms with Gasteiger partial charge in [-0.3, -0.25) is 9.89 Å². The zero-order chi connectivity index (χ0) is 25.1. The molecular weight excluding hydrogens is 448 g/mol. The van der Waals surface area contributed by atoms with E-state index < -0.39 is 0 Å². The van der Waals surface area contributed by atoms with Crippen LogP contribution in [0.5, 0.6) is 0 Å². The van der Waals surface area contributed by atoms with Gasteiger partial charge in [-0.2, -0.15) is 5.10 Å². The van der Waals surface area contributed by atoms with Crippen molar-refractivity contribution in [2.75, 3.05) is 19.7 Å². The van der Waals surface area contributed by atoms with Crippen molar-refractivity contribution >= 4 is 5.91 Å². The maximum absolute atomic E-state index is 13.7. The summed E-state index contributed by atoms with van der Waals surface area (Å²) < 4.78 is 5.49. The number of carbonyl (C=O) groups excluding carboxylic acids is 1. The second-order valence-corrected chi connectivity index (χ2v) is 9.96. The fraction of sp³-hybridized carbons (Fsp3) is 0.433. The molecule has 0 atom stereocenters. The number of likely N-dealkylation sites (tertiary alicyclic amines) is 1. The molecular formula is C30H34N4O2. The Hall–Kier alpha value is -3.43. The molecule has 3 aromatic rings. The molecule has 0 spiro atoms. The number of amides is 1. The number of piperidine rings is 1. The van der Waals surface area contributed by atoms with Crippen molar-refractivity contribution in [2.24, 2.45) is 0 Å². The van der Waals surface area contributed by atoms with E-state index in [9.17, 15) is 4.79 Å². The lowest BCUT2D eigenvalue weighted by molar-refractivity contribution is 0.0712. The van der Waals surface area contributed by atoms with Gasteiger partial charge in [0.15, 0.2) is 11.6 Å². The maximum Gasteiger partial charge on any atom is 0.254 e. The first-order valence-corrected chi connectivity index (χ1v) is 13.1. The van der Waals surface area contributed by atoms with Gasteiger partial charge in [0.05, 0.1) is 0 Å². The van der Waals surface area contributed by atoms with Crippen molar-refractivity contribution in [3.05, 3.63) is 70.0 Å². The number of aromatic amines is 1. The summed E-state index contributed by atoms with van der Waals surface area (Å²) in [5, 5.41) is 7.49. The summed E-state index contributed by atoms with van der Waals surface area (Å²) in [5.74, 6) is 5.09. The topological polar surface area (TPSA) is 71.1 Å². The average Bonchev–Trinajstić information content (AvgIpc) is 3.35. The molecule has 2 fully saturated rings. The van der Waals surface area contributed by atoms with E-state index in [0.717, 1.165) is 48.2 Å². The van der Waals surface area contributed by atoms with Crippen molar-refractivity contribution in [3.63, 3.8) is 0 Å². The van der Waals surface area contributed by atoms with Crippen molar-refractivity contribution in [1.82, 2.24) is 20.1 Å². The van der Waals surface area contributed by atoms with Gasteiger partial charge in [-0.1, -0.05) is 30.5 Å². The Morgan fingerprint density at radius 3 is 2.53 bits per heavy atom. The maximum atomic E-state index is 13.7. The van der Waals surface area contributed by atoms with E-state index in [0.29, 0.717) is 36.7 Å². The second kappa shape index (κ2) is 10.7. The molecule has 36 heavy (non-hydrogen) atoms. The molecule has 6 nitrogen and oxygen atoms in total. The van der Waals surface area contributed by atoms with Gasteiger partial charge in [0.25, 0.3) is 5.91 Å². The van der Waals surface area contributed by atoms with Crippen LogP contribution in [0.25, 0.3) is 11.4 Å². The number of ether oxygens (including phenoxy) is 1. The number of rotatable bonds is 7. The van der Waals surface area contributed by atoms with E-state index in [1.165, 1.54) is 30.4 Å². The van der Waals surface area contributed by atoms with Gasteiger partial charge >= 0.3 is 0 Å². The third-order valence-corrected chi connectivity index (χ3v) is 7.72. The highest BCUT2D eigenvalue weighted by molar-refractivity contribution is 5.97. The van der Waals surface area contributed by atoms with E-state index in [4.69, 9.17) is 11.2 Å². The predicted octanol–water partition coefficient (Wildman–Crippen LogP) is 5.59. The van der Waals surface area contributed by atoms with Crippen LogP contribution < -0.4 is 0 Å². The van der Waals surface area contributed by atoms with E-state index in [1.807, 2.05) is 30.0 Å². The van der Waals surface area contributed by atoms with E-state index in [1.54, 1.807) is 0 Å². The van der Waals surface area contributed by atoms with Crippen LogP contribution in [0.1, 0.15) is 89.3 Å². The third-order valence-electron chi connectivity index (χ3n) is 7.72. The fourth-order valence-electron chi connectivity index (χ4n) is 5.33. The largest absolute Gasteiger partial charge is 0.374 e. The number of aromatic nitrogens is 3. The standard InChI is InChI=1S/C30H34N4O2/c1-4-21-9-11-22(12-10-21)23-13-15-34(16-14-23)30(35)25-18-27(26(17-20(25)3)24-7-6-8-24)29-31-28(32-33-29)19-36-5-2/h1,9-12,17-18,23-24H,5-8,13-16,19H2,2-3H3,(H,31,32,33). The first kappa shape index (κ1) is 24.3. The summed E-state index contributed by atoms with van der Waals surface area (Å²) >= 11 is 0. The minimum absolute atomic E-state index is 0.0973. The Kier molecular flexibility index (Phi) is 7.20. The number of carbonyl (C=O) groups is 1. The van der Waals surface area contributed by atoms with Crippen LogP contribution in [0.15, 0.2) is 36.4 Å². The Morgan fingerprint density at radius 1 is 1.14 bits per heavy atom. The highest BCUT2D eigenvalue weighted by Crippen LogP contribution is 2.42. The Morgan fingerprint density at radius 2 is 1.89 bits per heavy atom. The molecule has 5 rings (SSSR count). The van der Waals surface area contributed by atoms with Crippen molar-refractivity contribution < 1.29 is 9.53 Å². The summed E-state index contributed by atoms with van der Waals surface area (Å²) in [6, 6.07) is 12.5. The molecule has 2 heterocycles. The molecule has 0 bridgehead atoms. The second-order valence-electron chi connectivity index (χ2n) is 9.96. The zero-order valence-electron chi connectivity index (χ0n) is 21.2. The molecule has 1 saturated heterocycles. The minimum atomic E-state index is 0.0973. The molecule has 1 aliphatic carbocycles. The molecule has 1 saturated carbocycles. The lowest BCUT2D eigenvalue weighted by Gasteiger charge is -2.33. The monoisotopic (exact) mass is 482 g/mol. The van der Waals surface area contributed by atoms with Gasteiger partial charge in [-0.15, -0.1) is 6.42 Å². The van der Waals surface area contributed by atoms with Gasteiger partial charge < -0.3 is 9.64 Å². The smallest absolute Gasteiger partial charge is 0.254 e. The van der Waals surface area contributed by atoms with Crippen molar-refractivity contribution in [3.8, 4) is 23.7 Å².